The van der Waals surface area contributed by atoms with Gasteiger partial charge >= 0.3 is 6.18 Å². The molecule has 4 heterocycles. The molecule has 0 aromatic carbocycles. The molecule has 2 N–H and O–H groups in total. The number of fused-ring (bicyclic) bond motifs is 1. The zero-order valence-electron chi connectivity index (χ0n) is 12.3. The molecule has 0 unspecified atom stereocenters. The van der Waals surface area contributed by atoms with Crippen LogP contribution in [0.1, 0.15) is 11.5 Å². The van der Waals surface area contributed by atoms with Gasteiger partial charge in [-0.15, -0.1) is 21.5 Å². The molecule has 128 valence electrons. The zero-order valence-corrected chi connectivity index (χ0v) is 13.2. The molecule has 0 radical (unpaired) electrons. The number of amidine groups is 1. The van der Waals surface area contributed by atoms with Crippen molar-refractivity contribution in [1.82, 2.24) is 24.5 Å². The predicted octanol–water partition coefficient (Wildman–Crippen LogP) is 1.80. The fourth-order valence-electron chi connectivity index (χ4n) is 2.31. The largest absolute Gasteiger partial charge is 0.433 e. The van der Waals surface area contributed by atoms with Crippen molar-refractivity contribution >= 4 is 23.1 Å². The summed E-state index contributed by atoms with van der Waals surface area (Å²) in [6.07, 6.45) is -3.32. The molecule has 0 spiro atoms. The maximum Gasteiger partial charge on any atom is 0.433 e. The first kappa shape index (κ1) is 15.5. The molecule has 1 aliphatic heterocycles. The highest BCUT2D eigenvalue weighted by atomic mass is 32.1. The lowest BCUT2D eigenvalue weighted by Gasteiger charge is -2.11. The van der Waals surface area contributed by atoms with Gasteiger partial charge in [0.05, 0.1) is 11.3 Å². The number of halogens is 3. The van der Waals surface area contributed by atoms with Gasteiger partial charge in [0.15, 0.2) is 5.69 Å². The van der Waals surface area contributed by atoms with Crippen LogP contribution in [0.5, 0.6) is 0 Å². The average molecular weight is 366 g/mol. The van der Waals surface area contributed by atoms with Gasteiger partial charge in [0.25, 0.3) is 5.96 Å². The lowest BCUT2D eigenvalue weighted by atomic mass is 10.3. The van der Waals surface area contributed by atoms with E-state index in [1.807, 2.05) is 0 Å². The second-order valence-electron chi connectivity index (χ2n) is 5.06. The number of rotatable bonds is 1. The Morgan fingerprint density at radius 3 is 2.76 bits per heavy atom. The lowest BCUT2D eigenvalue weighted by molar-refractivity contribution is -0.142. The first-order valence-electron chi connectivity index (χ1n) is 6.94. The second kappa shape index (κ2) is 5.51. The van der Waals surface area contributed by atoms with E-state index in [4.69, 9.17) is 5.73 Å². The van der Waals surface area contributed by atoms with E-state index < -0.39 is 11.9 Å². The predicted molar refractivity (Wildman–Crippen MR) is 84.1 cm³/mol. The first-order valence-corrected chi connectivity index (χ1v) is 7.82. The van der Waals surface area contributed by atoms with Crippen LogP contribution in [0.4, 0.5) is 13.2 Å². The van der Waals surface area contributed by atoms with E-state index in [0.29, 0.717) is 15.4 Å². The van der Waals surface area contributed by atoms with Crippen molar-refractivity contribution < 1.29 is 13.2 Å². The number of aromatic nitrogens is 5. The molecule has 8 nitrogen and oxygen atoms in total. The Bertz CT molecular complexity index is 980. The number of nitrogens with two attached hydrogens (primary N) is 1. The summed E-state index contributed by atoms with van der Waals surface area (Å²) in [5, 5.41) is 17.3. The third kappa shape index (κ3) is 2.69. The van der Waals surface area contributed by atoms with Crippen molar-refractivity contribution in [3.63, 3.8) is 0 Å². The standard InChI is InChI=1S/C13H9F3N8S/c14-13(15,16)9-4-7(8-2-1-3-25-8)22-23(9)12-21-20-10(17)5-11-18-6-19-24(11)12/h1-4,6H,5H2,(H2,17,20). The minimum Gasteiger partial charge on any atom is -0.385 e. The molecule has 0 fully saturated rings. The van der Waals surface area contributed by atoms with E-state index in [0.717, 1.165) is 10.7 Å². The zero-order chi connectivity index (χ0) is 17.6. The molecule has 0 bridgehead atoms. The Balaban J connectivity index is 1.94. The Labute approximate surface area is 142 Å². The van der Waals surface area contributed by atoms with Crippen LogP contribution in [0, 0.1) is 0 Å². The Hall–Kier alpha value is -3.02. The second-order valence-corrected chi connectivity index (χ2v) is 6.01. The highest BCUT2D eigenvalue weighted by Crippen LogP contribution is 2.33. The number of hydrogen-bond donors (Lipinski definition) is 1. The Morgan fingerprint density at radius 2 is 2.04 bits per heavy atom. The van der Waals surface area contributed by atoms with Crippen molar-refractivity contribution in [3.8, 4) is 10.6 Å². The summed E-state index contributed by atoms with van der Waals surface area (Å²) in [6, 6.07) is 4.38. The van der Waals surface area contributed by atoms with Crippen LogP contribution in [-0.2, 0) is 12.6 Å². The van der Waals surface area contributed by atoms with Crippen molar-refractivity contribution in [1.29, 1.82) is 0 Å². The molecule has 4 rings (SSSR count). The van der Waals surface area contributed by atoms with Crippen LogP contribution in [0.25, 0.3) is 10.6 Å². The highest BCUT2D eigenvalue weighted by Gasteiger charge is 2.38. The van der Waals surface area contributed by atoms with Gasteiger partial charge in [0, 0.05) is 0 Å². The van der Waals surface area contributed by atoms with Crippen molar-refractivity contribution in [2.75, 3.05) is 0 Å². The summed E-state index contributed by atoms with van der Waals surface area (Å²) in [5.41, 5.74) is 4.85. The molecule has 25 heavy (non-hydrogen) atoms. The van der Waals surface area contributed by atoms with Crippen LogP contribution in [-0.4, -0.2) is 36.3 Å². The van der Waals surface area contributed by atoms with Gasteiger partial charge < -0.3 is 5.73 Å². The molecule has 0 atom stereocenters. The minimum absolute atomic E-state index is 0.114. The maximum absolute atomic E-state index is 13.5. The van der Waals surface area contributed by atoms with Gasteiger partial charge in [-0.05, 0) is 17.5 Å². The number of thiophene rings is 1. The summed E-state index contributed by atoms with van der Waals surface area (Å²) in [4.78, 5) is 4.58. The molecule has 1 aliphatic rings. The normalized spacial score (nSPS) is 14.7. The third-order valence-corrected chi connectivity index (χ3v) is 4.27. The van der Waals surface area contributed by atoms with Gasteiger partial charge in [-0.3, -0.25) is 0 Å². The SMILES string of the molecule is NC1=NN=C(n2nc(-c3cccs3)cc2C(F)(F)F)n2ncnc2C1. The van der Waals surface area contributed by atoms with Gasteiger partial charge in [0.1, 0.15) is 23.7 Å². The number of nitrogens with zero attached hydrogens (tertiary/aromatic N) is 7. The summed E-state index contributed by atoms with van der Waals surface area (Å²) >= 11 is 1.28. The third-order valence-electron chi connectivity index (χ3n) is 3.38. The molecule has 0 amide bonds. The van der Waals surface area contributed by atoms with Crippen molar-refractivity contribution in [2.24, 2.45) is 15.9 Å². The Morgan fingerprint density at radius 1 is 1.20 bits per heavy atom. The quantitative estimate of drug-likeness (QED) is 0.710. The number of alkyl halides is 3. The molecule has 0 aliphatic carbocycles. The van der Waals surface area contributed by atoms with Crippen LogP contribution in [0.15, 0.2) is 40.1 Å². The van der Waals surface area contributed by atoms with Crippen LogP contribution in [0.3, 0.4) is 0 Å². The molecular weight excluding hydrogens is 357 g/mol. The number of hydrogen-bond acceptors (Lipinski definition) is 7. The van der Waals surface area contributed by atoms with E-state index in [9.17, 15) is 13.2 Å². The van der Waals surface area contributed by atoms with Crippen molar-refractivity contribution in [3.05, 3.63) is 41.4 Å². The summed E-state index contributed by atoms with van der Waals surface area (Å²) in [7, 11) is 0. The van der Waals surface area contributed by atoms with Crippen LogP contribution >= 0.6 is 11.3 Å². The molecule has 3 aromatic heterocycles. The fraction of sp³-hybridized carbons (Fsp3) is 0.154. The lowest BCUT2D eigenvalue weighted by Crippen LogP contribution is -2.29. The van der Waals surface area contributed by atoms with Crippen LogP contribution < -0.4 is 5.73 Å². The van der Waals surface area contributed by atoms with Gasteiger partial charge in [0.2, 0.25) is 0 Å². The van der Waals surface area contributed by atoms with E-state index in [1.165, 1.54) is 17.7 Å². The van der Waals surface area contributed by atoms with E-state index in [1.54, 1.807) is 17.5 Å². The molecule has 0 saturated heterocycles. The van der Waals surface area contributed by atoms with E-state index >= 15 is 0 Å². The molecule has 3 aromatic rings. The Kier molecular flexibility index (Phi) is 3.42. The monoisotopic (exact) mass is 366 g/mol. The highest BCUT2D eigenvalue weighted by molar-refractivity contribution is 7.13. The molecule has 12 heteroatoms. The minimum atomic E-state index is -4.65. The smallest absolute Gasteiger partial charge is 0.385 e. The van der Waals surface area contributed by atoms with Crippen molar-refractivity contribution in [2.45, 2.75) is 12.6 Å². The van der Waals surface area contributed by atoms with Gasteiger partial charge in [-0.25, -0.2) is 4.98 Å². The van der Waals surface area contributed by atoms with Gasteiger partial charge in [-0.2, -0.15) is 32.7 Å². The molecule has 0 saturated carbocycles. The van der Waals surface area contributed by atoms with E-state index in [-0.39, 0.29) is 23.9 Å². The topological polar surface area (TPSA) is 99.3 Å². The summed E-state index contributed by atoms with van der Waals surface area (Å²) in [5.74, 6) is 0.185. The summed E-state index contributed by atoms with van der Waals surface area (Å²) < 4.78 is 42.4. The van der Waals surface area contributed by atoms with Crippen LogP contribution in [0.2, 0.25) is 0 Å². The summed E-state index contributed by atoms with van der Waals surface area (Å²) in [6.45, 7) is 0. The first-order chi connectivity index (χ1) is 11.9. The molecular formula is C13H9F3N8S. The van der Waals surface area contributed by atoms with E-state index in [2.05, 4.69) is 25.4 Å². The van der Waals surface area contributed by atoms with Gasteiger partial charge in [-0.1, -0.05) is 6.07 Å². The fourth-order valence-corrected chi connectivity index (χ4v) is 3.00. The average Bonchev–Trinajstić information content (AvgIpc) is 3.25. The maximum atomic E-state index is 13.5.